The molecule has 0 amide bonds. The number of hydrogen-bond acceptors (Lipinski definition) is 2. The van der Waals surface area contributed by atoms with Gasteiger partial charge in [-0.3, -0.25) is 5.73 Å². The largest absolute Gasteiger partial charge is 0.478 e. The van der Waals surface area contributed by atoms with Crippen molar-refractivity contribution < 1.29 is 14.5 Å². The Labute approximate surface area is 128 Å². The van der Waals surface area contributed by atoms with Gasteiger partial charge in [0.05, 0.1) is 6.20 Å². The highest BCUT2D eigenvalue weighted by atomic mass is 16.4. The van der Waals surface area contributed by atoms with Crippen LogP contribution >= 0.6 is 0 Å². The summed E-state index contributed by atoms with van der Waals surface area (Å²) in [5, 5.41) is 9.37. The average molecular weight is 293 g/mol. The normalized spacial score (nSPS) is 12.2. The molecule has 3 N–H and O–H groups in total. The molecule has 0 aliphatic heterocycles. The smallest absolute Gasteiger partial charge is 0.349 e. The van der Waals surface area contributed by atoms with Crippen LogP contribution < -0.4 is 10.3 Å². The van der Waals surface area contributed by atoms with Gasteiger partial charge in [0.2, 0.25) is 0 Å². The number of carboxylic acids is 1. The van der Waals surface area contributed by atoms with Crippen molar-refractivity contribution in [2.75, 3.05) is 5.73 Å². The van der Waals surface area contributed by atoms with Crippen molar-refractivity contribution in [1.29, 1.82) is 0 Å². The van der Waals surface area contributed by atoms with E-state index in [2.05, 4.69) is 6.92 Å². The fraction of sp³-hybridized carbons (Fsp3) is 0.647. The van der Waals surface area contributed by atoms with Gasteiger partial charge in [-0.2, -0.15) is 0 Å². The summed E-state index contributed by atoms with van der Waals surface area (Å²) in [7, 11) is 0. The van der Waals surface area contributed by atoms with E-state index in [9.17, 15) is 9.90 Å². The Morgan fingerprint density at radius 3 is 2.33 bits per heavy atom. The number of nitrogens with two attached hydrogens (primary N) is 1. The minimum absolute atomic E-state index is 0.504. The summed E-state index contributed by atoms with van der Waals surface area (Å²) in [5.41, 5.74) is 5.86. The van der Waals surface area contributed by atoms with Gasteiger partial charge in [0.1, 0.15) is 0 Å². The number of carboxylic acid groups (broad SMARTS) is 1. The van der Waals surface area contributed by atoms with Gasteiger partial charge in [0, 0.05) is 6.07 Å². The third kappa shape index (κ3) is 6.61. The van der Waals surface area contributed by atoms with E-state index < -0.39 is 12.0 Å². The minimum atomic E-state index is -0.805. The summed E-state index contributed by atoms with van der Waals surface area (Å²) in [6, 6.07) is 4.83. The maximum absolute atomic E-state index is 11.4. The molecule has 21 heavy (non-hydrogen) atoms. The van der Waals surface area contributed by atoms with E-state index in [1.54, 1.807) is 16.8 Å². The Bertz CT molecular complexity index is 421. The molecule has 0 saturated heterocycles. The molecule has 4 nitrogen and oxygen atoms in total. The van der Waals surface area contributed by atoms with Crippen molar-refractivity contribution in [3.63, 3.8) is 0 Å². The van der Waals surface area contributed by atoms with Crippen molar-refractivity contribution in [3.8, 4) is 0 Å². The Morgan fingerprint density at radius 1 is 1.14 bits per heavy atom. The lowest BCUT2D eigenvalue weighted by Crippen LogP contribution is -2.45. The predicted octanol–water partition coefficient (Wildman–Crippen LogP) is 3.71. The van der Waals surface area contributed by atoms with Crippen LogP contribution in [0.2, 0.25) is 0 Å². The SMILES string of the molecule is CCCCCCCCCCC(C(=O)O)[n+]1ccccc1N. The number of anilines is 1. The lowest BCUT2D eigenvalue weighted by molar-refractivity contribution is -0.697. The van der Waals surface area contributed by atoms with Gasteiger partial charge in [0.15, 0.2) is 6.04 Å². The number of carbonyl (C=O) groups is 1. The molecule has 1 aromatic heterocycles. The highest BCUT2D eigenvalue weighted by Crippen LogP contribution is 2.14. The highest BCUT2D eigenvalue weighted by Gasteiger charge is 2.24. The first-order valence-electron chi connectivity index (χ1n) is 8.15. The Morgan fingerprint density at radius 2 is 1.76 bits per heavy atom. The minimum Gasteiger partial charge on any atom is -0.478 e. The van der Waals surface area contributed by atoms with E-state index in [4.69, 9.17) is 5.73 Å². The number of nitrogens with zero attached hydrogens (tertiary/aromatic N) is 1. The second-order valence-corrected chi connectivity index (χ2v) is 5.65. The summed E-state index contributed by atoms with van der Waals surface area (Å²) < 4.78 is 1.66. The molecule has 0 radical (unpaired) electrons. The fourth-order valence-corrected chi connectivity index (χ4v) is 2.61. The Hall–Kier alpha value is -1.58. The van der Waals surface area contributed by atoms with Crippen molar-refractivity contribution in [3.05, 3.63) is 24.4 Å². The van der Waals surface area contributed by atoms with Gasteiger partial charge in [-0.05, 0) is 18.9 Å². The zero-order valence-electron chi connectivity index (χ0n) is 13.1. The molecule has 4 heteroatoms. The molecule has 0 bridgehead atoms. The molecule has 0 aromatic carbocycles. The van der Waals surface area contributed by atoms with Crippen molar-refractivity contribution >= 4 is 11.8 Å². The monoisotopic (exact) mass is 293 g/mol. The maximum atomic E-state index is 11.4. The number of hydrogen-bond donors (Lipinski definition) is 2. The second-order valence-electron chi connectivity index (χ2n) is 5.65. The summed E-state index contributed by atoms with van der Waals surface area (Å²) >= 11 is 0. The first kappa shape index (κ1) is 17.5. The number of pyridine rings is 1. The molecular formula is C17H29N2O2+. The molecule has 1 rings (SSSR count). The standard InChI is InChI=1S/C17H28N2O2/c1-2-3-4-5-6-7-8-9-12-15(17(20)21)19-14-11-10-13-16(19)18/h10-11,13-15,18H,2-9,12H2,1H3,(H,20,21)/p+1. The number of unbranched alkanes of at least 4 members (excludes halogenated alkanes) is 7. The third-order valence-electron chi connectivity index (χ3n) is 3.87. The molecule has 0 fully saturated rings. The zero-order valence-corrected chi connectivity index (χ0v) is 13.1. The topological polar surface area (TPSA) is 67.2 Å². The molecule has 118 valence electrons. The van der Waals surface area contributed by atoms with Crippen LogP contribution in [0.15, 0.2) is 24.4 Å². The number of nitrogen functional groups attached to an aromatic ring is 1. The zero-order chi connectivity index (χ0) is 15.5. The average Bonchev–Trinajstić information content (AvgIpc) is 2.46. The summed E-state index contributed by atoms with van der Waals surface area (Å²) in [6.07, 6.45) is 12.1. The van der Waals surface area contributed by atoms with Crippen LogP contribution in [-0.4, -0.2) is 11.1 Å². The fourth-order valence-electron chi connectivity index (χ4n) is 2.61. The quantitative estimate of drug-likeness (QED) is 0.483. The molecule has 0 saturated carbocycles. The predicted molar refractivity (Wildman–Crippen MR) is 84.9 cm³/mol. The van der Waals surface area contributed by atoms with Crippen LogP contribution in [0.5, 0.6) is 0 Å². The lowest BCUT2D eigenvalue weighted by atomic mass is 10.0. The van der Waals surface area contributed by atoms with Gasteiger partial charge in [-0.15, -0.1) is 0 Å². The first-order chi connectivity index (χ1) is 10.2. The van der Waals surface area contributed by atoms with E-state index in [1.807, 2.05) is 12.1 Å². The van der Waals surface area contributed by atoms with Gasteiger partial charge in [-0.1, -0.05) is 57.9 Å². The van der Waals surface area contributed by atoms with E-state index in [0.717, 1.165) is 12.8 Å². The molecule has 1 heterocycles. The van der Waals surface area contributed by atoms with Gasteiger partial charge < -0.3 is 5.11 Å². The highest BCUT2D eigenvalue weighted by molar-refractivity contribution is 5.70. The molecule has 1 aromatic rings. The van der Waals surface area contributed by atoms with Crippen molar-refractivity contribution in [2.45, 2.75) is 70.8 Å². The van der Waals surface area contributed by atoms with E-state index in [0.29, 0.717) is 12.2 Å². The molecule has 1 atom stereocenters. The first-order valence-corrected chi connectivity index (χ1v) is 8.15. The number of rotatable bonds is 11. The van der Waals surface area contributed by atoms with Crippen LogP contribution in [0.3, 0.4) is 0 Å². The summed E-state index contributed by atoms with van der Waals surface area (Å²) in [4.78, 5) is 11.4. The van der Waals surface area contributed by atoms with Crippen LogP contribution in [0.4, 0.5) is 5.82 Å². The summed E-state index contributed by atoms with van der Waals surface area (Å²) in [5.74, 6) is -0.301. The van der Waals surface area contributed by atoms with E-state index in [-0.39, 0.29) is 0 Å². The van der Waals surface area contributed by atoms with Crippen LogP contribution in [0.1, 0.15) is 70.8 Å². The van der Waals surface area contributed by atoms with Gasteiger partial charge in [-0.25, -0.2) is 9.36 Å². The second kappa shape index (κ2) is 10.2. The van der Waals surface area contributed by atoms with E-state index in [1.165, 1.54) is 38.5 Å². The molecule has 0 aliphatic rings. The van der Waals surface area contributed by atoms with Crippen LogP contribution in [0, 0.1) is 0 Å². The number of aromatic nitrogens is 1. The maximum Gasteiger partial charge on any atom is 0.349 e. The van der Waals surface area contributed by atoms with Gasteiger partial charge in [0.25, 0.3) is 5.82 Å². The van der Waals surface area contributed by atoms with Crippen LogP contribution in [-0.2, 0) is 4.79 Å². The Balaban J connectivity index is 2.30. The van der Waals surface area contributed by atoms with Crippen LogP contribution in [0.25, 0.3) is 0 Å². The van der Waals surface area contributed by atoms with E-state index >= 15 is 0 Å². The van der Waals surface area contributed by atoms with Crippen molar-refractivity contribution in [2.24, 2.45) is 0 Å². The lowest BCUT2D eigenvalue weighted by Gasteiger charge is -2.12. The molecule has 0 spiro atoms. The molecular weight excluding hydrogens is 264 g/mol. The number of aliphatic carboxylic acids is 1. The summed E-state index contributed by atoms with van der Waals surface area (Å²) in [6.45, 7) is 2.22. The molecule has 0 aliphatic carbocycles. The molecule has 1 unspecified atom stereocenters. The van der Waals surface area contributed by atoms with Crippen molar-refractivity contribution in [1.82, 2.24) is 0 Å². The van der Waals surface area contributed by atoms with Gasteiger partial charge >= 0.3 is 5.97 Å². The Kier molecular flexibility index (Phi) is 8.48. The third-order valence-corrected chi connectivity index (χ3v) is 3.87.